The van der Waals surface area contributed by atoms with E-state index < -0.39 is 0 Å². The predicted octanol–water partition coefficient (Wildman–Crippen LogP) is 5.95. The van der Waals surface area contributed by atoms with E-state index in [2.05, 4.69) is 60.4 Å². The molecule has 228 valence electrons. The summed E-state index contributed by atoms with van der Waals surface area (Å²) in [6, 6.07) is 18.5. The van der Waals surface area contributed by atoms with Crippen molar-refractivity contribution in [2.45, 2.75) is 56.9 Å². The summed E-state index contributed by atoms with van der Waals surface area (Å²) in [5.41, 5.74) is 12.2. The van der Waals surface area contributed by atoms with Crippen molar-refractivity contribution in [1.82, 2.24) is 24.6 Å². The van der Waals surface area contributed by atoms with Crippen LogP contribution >= 0.6 is 0 Å². The lowest BCUT2D eigenvalue weighted by molar-refractivity contribution is 0.147. The van der Waals surface area contributed by atoms with E-state index in [1.165, 1.54) is 43.9 Å². The standard InChI is InChI=1S/C34H40FN9/c35-28-21-25(11-12-29(28)42-19-17-41(18-20-42)26-9-5-2-6-10-26)37-34-39-33(36)44(40-34)30-22-27(23-7-3-1-4-8-23)32-31(38-30)24-13-15-43(32)16-14-24/h1,3-4,7-8,11-12,21-22,24,26H,2,5-6,9-10,13-20H2,(H3,36,37,39,40). The third kappa shape index (κ3) is 5.04. The van der Waals surface area contributed by atoms with Gasteiger partial charge in [-0.3, -0.25) is 4.90 Å². The van der Waals surface area contributed by atoms with Crippen molar-refractivity contribution in [2.75, 3.05) is 60.1 Å². The number of anilines is 5. The number of halogens is 1. The Bertz CT molecular complexity index is 1630. The van der Waals surface area contributed by atoms with E-state index in [4.69, 9.17) is 10.7 Å². The lowest BCUT2D eigenvalue weighted by atomic mass is 9.84. The first-order chi connectivity index (χ1) is 21.6. The van der Waals surface area contributed by atoms with Gasteiger partial charge in [-0.05, 0) is 55.5 Å². The number of aromatic nitrogens is 4. The highest BCUT2D eigenvalue weighted by molar-refractivity contribution is 5.83. The molecule has 0 spiro atoms. The number of nitrogens with one attached hydrogen (secondary N) is 1. The van der Waals surface area contributed by atoms with Crippen molar-refractivity contribution in [3.8, 4) is 16.9 Å². The van der Waals surface area contributed by atoms with Gasteiger partial charge in [0.2, 0.25) is 11.9 Å². The zero-order chi connectivity index (χ0) is 29.6. The zero-order valence-corrected chi connectivity index (χ0v) is 25.1. The summed E-state index contributed by atoms with van der Waals surface area (Å²) < 4.78 is 17.0. The smallest absolute Gasteiger partial charge is 0.248 e. The number of benzene rings is 2. The number of nitrogens with two attached hydrogens (primary N) is 1. The second-order valence-electron chi connectivity index (χ2n) is 12.7. The molecule has 9 nitrogen and oxygen atoms in total. The molecule has 4 aliphatic heterocycles. The first kappa shape index (κ1) is 27.4. The van der Waals surface area contributed by atoms with Crippen molar-refractivity contribution >= 4 is 29.0 Å². The number of nitrogens with zero attached hydrogens (tertiary/aromatic N) is 7. The Morgan fingerprint density at radius 1 is 0.795 bits per heavy atom. The van der Waals surface area contributed by atoms with Crippen molar-refractivity contribution in [1.29, 1.82) is 0 Å². The van der Waals surface area contributed by atoms with Crippen LogP contribution in [0.15, 0.2) is 54.6 Å². The van der Waals surface area contributed by atoms with Gasteiger partial charge >= 0.3 is 0 Å². The fourth-order valence-electron chi connectivity index (χ4n) is 7.77. The monoisotopic (exact) mass is 593 g/mol. The lowest BCUT2D eigenvalue weighted by Crippen LogP contribution is -2.51. The molecule has 0 unspecified atom stereocenters. The third-order valence-corrected chi connectivity index (χ3v) is 10.1. The molecule has 6 heterocycles. The van der Waals surface area contributed by atoms with E-state index in [0.29, 0.717) is 35.1 Å². The second-order valence-corrected chi connectivity index (χ2v) is 12.7. The summed E-state index contributed by atoms with van der Waals surface area (Å²) >= 11 is 0. The summed E-state index contributed by atoms with van der Waals surface area (Å²) in [6.45, 7) is 5.80. The average Bonchev–Trinajstić information content (AvgIpc) is 3.45. The molecule has 1 aliphatic carbocycles. The molecule has 5 aliphatic rings. The molecule has 3 N–H and O–H groups in total. The first-order valence-corrected chi connectivity index (χ1v) is 16.2. The van der Waals surface area contributed by atoms with Gasteiger partial charge in [0.15, 0.2) is 5.82 Å². The normalized spacial score (nSPS) is 19.4. The molecule has 10 heteroatoms. The Morgan fingerprint density at radius 2 is 1.57 bits per heavy atom. The van der Waals surface area contributed by atoms with E-state index in [-0.39, 0.29) is 11.8 Å². The van der Waals surface area contributed by atoms with Crippen molar-refractivity contribution < 1.29 is 4.39 Å². The number of piperazine rings is 1. The van der Waals surface area contributed by atoms with Crippen molar-refractivity contribution in [2.24, 2.45) is 0 Å². The Balaban J connectivity index is 1.02. The van der Waals surface area contributed by atoms with Crippen LogP contribution in [0, 0.1) is 5.82 Å². The Kier molecular flexibility index (Phi) is 7.09. The maximum Gasteiger partial charge on any atom is 0.248 e. The lowest BCUT2D eigenvalue weighted by Gasteiger charge is -2.42. The van der Waals surface area contributed by atoms with Gasteiger partial charge in [-0.1, -0.05) is 49.6 Å². The van der Waals surface area contributed by atoms with Crippen LogP contribution in [-0.4, -0.2) is 70.0 Å². The number of pyridine rings is 1. The Hall–Kier alpha value is -4.18. The summed E-state index contributed by atoms with van der Waals surface area (Å²) in [5, 5.41) is 7.84. The molecule has 9 rings (SSSR count). The Labute approximate surface area is 257 Å². The van der Waals surface area contributed by atoms with Crippen LogP contribution in [0.4, 0.5) is 33.3 Å². The fourth-order valence-corrected chi connectivity index (χ4v) is 7.77. The van der Waals surface area contributed by atoms with Gasteiger partial charge in [0.1, 0.15) is 5.82 Å². The highest BCUT2D eigenvalue weighted by Gasteiger charge is 2.35. The van der Waals surface area contributed by atoms with Crippen molar-refractivity contribution in [3.05, 3.63) is 66.1 Å². The first-order valence-electron chi connectivity index (χ1n) is 16.2. The highest BCUT2D eigenvalue weighted by Crippen LogP contribution is 2.46. The number of nitrogen functional groups attached to an aromatic ring is 1. The van der Waals surface area contributed by atoms with Crippen LogP contribution in [-0.2, 0) is 0 Å². The molecule has 2 aromatic heterocycles. The van der Waals surface area contributed by atoms with Crippen LogP contribution in [0.25, 0.3) is 16.9 Å². The molecule has 44 heavy (non-hydrogen) atoms. The Morgan fingerprint density at radius 3 is 2.32 bits per heavy atom. The zero-order valence-electron chi connectivity index (χ0n) is 25.1. The summed E-state index contributed by atoms with van der Waals surface area (Å²) in [4.78, 5) is 16.8. The number of piperidine rings is 1. The van der Waals surface area contributed by atoms with Crippen LogP contribution in [0.2, 0.25) is 0 Å². The molecule has 2 bridgehead atoms. The van der Waals surface area contributed by atoms with Gasteiger partial charge in [0, 0.05) is 62.5 Å². The fraction of sp³-hybridized carbons (Fsp3) is 0.441. The van der Waals surface area contributed by atoms with Crippen LogP contribution in [0.3, 0.4) is 0 Å². The average molecular weight is 594 g/mol. The third-order valence-electron chi connectivity index (χ3n) is 10.1. The van der Waals surface area contributed by atoms with Crippen LogP contribution in [0.5, 0.6) is 0 Å². The highest BCUT2D eigenvalue weighted by atomic mass is 19.1. The van der Waals surface area contributed by atoms with Crippen molar-refractivity contribution in [3.63, 3.8) is 0 Å². The maximum absolute atomic E-state index is 15.4. The largest absolute Gasteiger partial charge is 0.370 e. The minimum Gasteiger partial charge on any atom is -0.370 e. The second kappa shape index (κ2) is 11.4. The summed E-state index contributed by atoms with van der Waals surface area (Å²) in [7, 11) is 0. The van der Waals surface area contributed by atoms with Crippen LogP contribution < -0.4 is 20.9 Å². The molecular formula is C34H40FN9. The molecule has 0 amide bonds. The molecular weight excluding hydrogens is 553 g/mol. The van der Waals surface area contributed by atoms with Gasteiger partial charge in [-0.15, -0.1) is 5.10 Å². The molecule has 4 aromatic rings. The van der Waals surface area contributed by atoms with Gasteiger partial charge in [-0.25, -0.2) is 9.37 Å². The molecule has 3 fully saturated rings. The minimum absolute atomic E-state index is 0.230. The van der Waals surface area contributed by atoms with E-state index in [1.807, 2.05) is 18.2 Å². The molecule has 0 radical (unpaired) electrons. The van der Waals surface area contributed by atoms with Crippen LogP contribution in [0.1, 0.15) is 56.6 Å². The predicted molar refractivity (Wildman–Crippen MR) is 174 cm³/mol. The SMILES string of the molecule is Nc1nc(Nc2ccc(N3CCN(C4CCCCC4)CC3)c(F)c2)nn1-c1cc(-c2ccccc2)c2c(n1)C1CCN2CC1. The summed E-state index contributed by atoms with van der Waals surface area (Å²) in [6.07, 6.45) is 8.86. The minimum atomic E-state index is -0.248. The molecule has 1 saturated carbocycles. The summed E-state index contributed by atoms with van der Waals surface area (Å²) in [5.74, 6) is 1.36. The number of fused-ring (bicyclic) bond motifs is 2. The van der Waals surface area contributed by atoms with Gasteiger partial charge in [-0.2, -0.15) is 9.67 Å². The number of rotatable bonds is 6. The topological polar surface area (TPSA) is 91.4 Å². The quantitative estimate of drug-likeness (QED) is 0.284. The van der Waals surface area contributed by atoms with Gasteiger partial charge < -0.3 is 20.9 Å². The van der Waals surface area contributed by atoms with E-state index in [0.717, 1.165) is 68.9 Å². The molecule has 0 atom stereocenters. The van der Waals surface area contributed by atoms with E-state index >= 15 is 4.39 Å². The molecule has 2 saturated heterocycles. The van der Waals surface area contributed by atoms with Gasteiger partial charge in [0.25, 0.3) is 0 Å². The van der Waals surface area contributed by atoms with E-state index in [9.17, 15) is 0 Å². The van der Waals surface area contributed by atoms with Gasteiger partial charge in [0.05, 0.1) is 17.1 Å². The van der Waals surface area contributed by atoms with E-state index in [1.54, 1.807) is 4.68 Å². The number of hydrogen-bond acceptors (Lipinski definition) is 8. The molecule has 2 aromatic carbocycles. The maximum atomic E-state index is 15.4. The number of hydrogen-bond donors (Lipinski definition) is 2.